The number of nitrogens with one attached hydrogen (secondary N) is 1. The first-order valence-corrected chi connectivity index (χ1v) is 8.46. The Balaban J connectivity index is 1.52. The highest BCUT2D eigenvalue weighted by Crippen LogP contribution is 2.60. The summed E-state index contributed by atoms with van der Waals surface area (Å²) in [6.07, 6.45) is 12.5. The molecule has 7 nitrogen and oxygen atoms in total. The summed E-state index contributed by atoms with van der Waals surface area (Å²) in [6.45, 7) is 1.91. The second kappa shape index (κ2) is 4.49. The first-order valence-electron chi connectivity index (χ1n) is 8.46. The van der Waals surface area contributed by atoms with Gasteiger partial charge in [0.1, 0.15) is 5.82 Å². The van der Waals surface area contributed by atoms with Crippen LogP contribution in [0.1, 0.15) is 44.3 Å². The third-order valence-corrected chi connectivity index (χ3v) is 5.92. The van der Waals surface area contributed by atoms with Crippen molar-refractivity contribution in [1.29, 1.82) is 0 Å². The molecule has 0 aromatic carbocycles. The van der Waals surface area contributed by atoms with Gasteiger partial charge in [-0.3, -0.25) is 4.98 Å². The lowest BCUT2D eigenvalue weighted by Crippen LogP contribution is -2.63. The molecule has 0 unspecified atom stereocenters. The molecule has 2 heterocycles. The van der Waals surface area contributed by atoms with Crippen LogP contribution in [0.3, 0.4) is 0 Å². The average molecular weight is 311 g/mol. The molecular weight excluding hydrogens is 290 g/mol. The molecular formula is C16H21N7. The summed E-state index contributed by atoms with van der Waals surface area (Å²) in [5.74, 6) is 3.13. The van der Waals surface area contributed by atoms with E-state index in [0.29, 0.717) is 0 Å². The molecule has 4 bridgehead atoms. The Labute approximate surface area is 134 Å². The highest BCUT2D eigenvalue weighted by Gasteiger charge is 2.59. The molecule has 6 rings (SSSR count). The predicted molar refractivity (Wildman–Crippen MR) is 83.6 cm³/mol. The Morgan fingerprint density at radius 1 is 1.17 bits per heavy atom. The van der Waals surface area contributed by atoms with Gasteiger partial charge in [0.15, 0.2) is 5.82 Å². The van der Waals surface area contributed by atoms with E-state index < -0.39 is 0 Å². The SMILES string of the molecule is Cc1nnn(C23C[C@H]4C[C@@H](CC(Nc5cnccn5)(C4)C2)C3)n1. The quantitative estimate of drug-likeness (QED) is 0.933. The molecule has 4 saturated carbocycles. The second-order valence-electron chi connectivity index (χ2n) is 7.81. The van der Waals surface area contributed by atoms with Gasteiger partial charge in [0.2, 0.25) is 0 Å². The number of tetrazole rings is 1. The fraction of sp³-hybridized carbons (Fsp3) is 0.688. The number of nitrogens with zero attached hydrogens (tertiary/aromatic N) is 6. The van der Waals surface area contributed by atoms with Gasteiger partial charge >= 0.3 is 0 Å². The molecule has 2 atom stereocenters. The van der Waals surface area contributed by atoms with E-state index in [4.69, 9.17) is 0 Å². The van der Waals surface area contributed by atoms with Gasteiger partial charge < -0.3 is 5.32 Å². The van der Waals surface area contributed by atoms with E-state index >= 15 is 0 Å². The summed E-state index contributed by atoms with van der Waals surface area (Å²) in [7, 11) is 0. The van der Waals surface area contributed by atoms with Crippen LogP contribution in [0.25, 0.3) is 0 Å². The van der Waals surface area contributed by atoms with E-state index in [-0.39, 0.29) is 11.1 Å². The maximum atomic E-state index is 4.58. The second-order valence-corrected chi connectivity index (χ2v) is 7.81. The minimum Gasteiger partial charge on any atom is -0.363 e. The molecule has 23 heavy (non-hydrogen) atoms. The van der Waals surface area contributed by atoms with E-state index in [1.165, 1.54) is 32.1 Å². The Bertz CT molecular complexity index is 711. The number of hydrogen-bond acceptors (Lipinski definition) is 6. The first kappa shape index (κ1) is 13.4. The molecule has 120 valence electrons. The molecule has 0 amide bonds. The molecule has 1 N–H and O–H groups in total. The molecule has 7 heteroatoms. The summed E-state index contributed by atoms with van der Waals surface area (Å²) in [5.41, 5.74) is 0.127. The maximum absolute atomic E-state index is 4.58. The number of hydrogen-bond donors (Lipinski definition) is 1. The fourth-order valence-electron chi connectivity index (χ4n) is 5.71. The van der Waals surface area contributed by atoms with Gasteiger partial charge in [0, 0.05) is 17.9 Å². The van der Waals surface area contributed by atoms with Crippen LogP contribution in [-0.2, 0) is 5.54 Å². The molecule has 4 fully saturated rings. The van der Waals surface area contributed by atoms with E-state index in [1.807, 2.05) is 17.9 Å². The van der Waals surface area contributed by atoms with Gasteiger partial charge in [0.25, 0.3) is 0 Å². The van der Waals surface area contributed by atoms with Gasteiger partial charge in [-0.2, -0.15) is 4.80 Å². The molecule has 0 spiro atoms. The van der Waals surface area contributed by atoms with Crippen LogP contribution in [0.2, 0.25) is 0 Å². The van der Waals surface area contributed by atoms with E-state index in [9.17, 15) is 0 Å². The first-order chi connectivity index (χ1) is 11.1. The highest BCUT2D eigenvalue weighted by molar-refractivity contribution is 5.37. The number of rotatable bonds is 3. The fourth-order valence-corrected chi connectivity index (χ4v) is 5.71. The summed E-state index contributed by atoms with van der Waals surface area (Å²) >= 11 is 0. The smallest absolute Gasteiger partial charge is 0.171 e. The van der Waals surface area contributed by atoms with Crippen LogP contribution in [0, 0.1) is 18.8 Å². The molecule has 2 aromatic rings. The summed E-state index contributed by atoms with van der Waals surface area (Å²) in [6, 6.07) is 0. The van der Waals surface area contributed by atoms with Crippen LogP contribution in [-0.4, -0.2) is 35.7 Å². The zero-order valence-corrected chi connectivity index (χ0v) is 13.3. The van der Waals surface area contributed by atoms with E-state index in [1.54, 1.807) is 12.4 Å². The van der Waals surface area contributed by atoms with Crippen LogP contribution >= 0.6 is 0 Å². The Hall–Kier alpha value is -2.05. The molecule has 0 aliphatic heterocycles. The van der Waals surface area contributed by atoms with Gasteiger partial charge in [-0.15, -0.1) is 10.2 Å². The standard InChI is InChI=1S/C16H21N7/c1-11-20-22-23(21-11)16-7-12-4-13(8-16)6-15(5-12,10-16)19-14-9-17-2-3-18-14/h2-3,9,12-13H,4-8,10H2,1H3,(H,18,19)/t12-,13-,15?,16?/m0/s1. The van der Waals surface area contributed by atoms with E-state index in [0.717, 1.165) is 29.9 Å². The molecule has 0 saturated heterocycles. The van der Waals surface area contributed by atoms with Gasteiger partial charge in [-0.25, -0.2) is 4.98 Å². The van der Waals surface area contributed by atoms with Crippen LogP contribution in [0.5, 0.6) is 0 Å². The molecule has 4 aliphatic carbocycles. The van der Waals surface area contributed by atoms with Crippen molar-refractivity contribution >= 4 is 5.82 Å². The third kappa shape index (κ3) is 2.05. The monoisotopic (exact) mass is 311 g/mol. The lowest BCUT2D eigenvalue weighted by Gasteiger charge is -2.61. The van der Waals surface area contributed by atoms with Crippen molar-refractivity contribution in [2.24, 2.45) is 11.8 Å². The van der Waals surface area contributed by atoms with Crippen molar-refractivity contribution in [3.05, 3.63) is 24.4 Å². The van der Waals surface area contributed by atoms with Gasteiger partial charge in [-0.1, -0.05) is 0 Å². The summed E-state index contributed by atoms with van der Waals surface area (Å²) in [4.78, 5) is 10.6. The Morgan fingerprint density at radius 2 is 2.00 bits per heavy atom. The third-order valence-electron chi connectivity index (χ3n) is 5.92. The van der Waals surface area contributed by atoms with E-state index in [2.05, 4.69) is 30.7 Å². The Kier molecular flexibility index (Phi) is 2.61. The van der Waals surface area contributed by atoms with Gasteiger partial charge in [-0.05, 0) is 62.5 Å². The number of aromatic nitrogens is 6. The lowest BCUT2D eigenvalue weighted by atomic mass is 9.50. The molecule has 0 radical (unpaired) electrons. The topological polar surface area (TPSA) is 81.4 Å². The van der Waals surface area contributed by atoms with Crippen molar-refractivity contribution in [3.63, 3.8) is 0 Å². The zero-order chi connectivity index (χ0) is 15.5. The van der Waals surface area contributed by atoms with Crippen LogP contribution in [0.15, 0.2) is 18.6 Å². The molecule has 2 aromatic heterocycles. The largest absolute Gasteiger partial charge is 0.363 e. The molecule has 4 aliphatic rings. The van der Waals surface area contributed by atoms with Crippen molar-refractivity contribution in [3.8, 4) is 0 Å². The van der Waals surface area contributed by atoms with Gasteiger partial charge in [0.05, 0.1) is 11.7 Å². The lowest BCUT2D eigenvalue weighted by molar-refractivity contribution is -0.0635. The number of aryl methyl sites for hydroxylation is 1. The normalized spacial score (nSPS) is 38.0. The highest BCUT2D eigenvalue weighted by atomic mass is 15.6. The zero-order valence-electron chi connectivity index (χ0n) is 13.3. The van der Waals surface area contributed by atoms with Crippen LogP contribution < -0.4 is 5.32 Å². The van der Waals surface area contributed by atoms with Crippen molar-refractivity contribution in [2.75, 3.05) is 5.32 Å². The van der Waals surface area contributed by atoms with Crippen LogP contribution in [0.4, 0.5) is 5.82 Å². The van der Waals surface area contributed by atoms with Crippen molar-refractivity contribution < 1.29 is 0 Å². The predicted octanol–water partition coefficient (Wildman–Crippen LogP) is 1.93. The average Bonchev–Trinajstić information content (AvgIpc) is 2.94. The minimum atomic E-state index is 0.0283. The Morgan fingerprint density at radius 3 is 2.65 bits per heavy atom. The minimum absolute atomic E-state index is 0.0283. The summed E-state index contributed by atoms with van der Waals surface area (Å²) in [5, 5.41) is 16.8. The van der Waals surface area contributed by atoms with Crippen molar-refractivity contribution in [1.82, 2.24) is 30.2 Å². The summed E-state index contributed by atoms with van der Waals surface area (Å²) < 4.78 is 0. The van der Waals surface area contributed by atoms with Crippen molar-refractivity contribution in [2.45, 2.75) is 56.5 Å². The number of anilines is 1. The maximum Gasteiger partial charge on any atom is 0.171 e.